The van der Waals surface area contributed by atoms with Crippen LogP contribution < -0.4 is 0 Å². The largest absolute Gasteiger partial charge is 0.466 e. The highest BCUT2D eigenvalue weighted by molar-refractivity contribution is 5.95. The third-order valence-corrected chi connectivity index (χ3v) is 4.42. The number of carbonyl (C=O) groups excluding carboxylic acids is 1. The maximum atomic E-state index is 12.9. The summed E-state index contributed by atoms with van der Waals surface area (Å²) < 4.78 is 7.47. The van der Waals surface area contributed by atoms with Crippen molar-refractivity contribution in [1.29, 1.82) is 0 Å². The van der Waals surface area contributed by atoms with E-state index >= 15 is 0 Å². The Labute approximate surface area is 133 Å². The van der Waals surface area contributed by atoms with Crippen LogP contribution in [0.15, 0.2) is 34.9 Å². The standard InChI is InChI=1S/C17H18N4O2/c1-11-10-13(12(2)23-11)17(22)20-9-5-6-14(20)16-19-18-15-7-3-4-8-21(15)16/h3-4,7-8,10,14H,5-6,9H2,1-2H3/t14-/m0/s1. The topological polar surface area (TPSA) is 63.6 Å². The predicted molar refractivity (Wildman–Crippen MR) is 84.2 cm³/mol. The fourth-order valence-corrected chi connectivity index (χ4v) is 3.36. The van der Waals surface area contributed by atoms with E-state index in [0.29, 0.717) is 11.3 Å². The van der Waals surface area contributed by atoms with E-state index in [9.17, 15) is 4.79 Å². The smallest absolute Gasteiger partial charge is 0.258 e. The Kier molecular flexibility index (Phi) is 3.18. The van der Waals surface area contributed by atoms with Crippen molar-refractivity contribution in [1.82, 2.24) is 19.5 Å². The molecule has 1 aliphatic rings. The quantitative estimate of drug-likeness (QED) is 0.730. The lowest BCUT2D eigenvalue weighted by Crippen LogP contribution is -2.31. The average molecular weight is 310 g/mol. The van der Waals surface area contributed by atoms with Gasteiger partial charge >= 0.3 is 0 Å². The number of fused-ring (bicyclic) bond motifs is 1. The normalized spacial score (nSPS) is 18.0. The van der Waals surface area contributed by atoms with Gasteiger partial charge in [0.2, 0.25) is 0 Å². The van der Waals surface area contributed by atoms with Crippen LogP contribution in [-0.2, 0) is 0 Å². The number of amides is 1. The van der Waals surface area contributed by atoms with Gasteiger partial charge in [-0.05, 0) is 44.9 Å². The van der Waals surface area contributed by atoms with E-state index in [1.165, 1.54) is 0 Å². The van der Waals surface area contributed by atoms with Crippen LogP contribution in [0.4, 0.5) is 0 Å². The lowest BCUT2D eigenvalue weighted by atomic mass is 10.1. The summed E-state index contributed by atoms with van der Waals surface area (Å²) in [5.41, 5.74) is 1.44. The van der Waals surface area contributed by atoms with Gasteiger partial charge in [0.1, 0.15) is 11.5 Å². The molecule has 0 aromatic carbocycles. The number of rotatable bonds is 2. The van der Waals surface area contributed by atoms with Gasteiger partial charge < -0.3 is 9.32 Å². The minimum atomic E-state index is -0.0468. The Morgan fingerprint density at radius 2 is 2.17 bits per heavy atom. The second-order valence-electron chi connectivity index (χ2n) is 5.97. The molecule has 4 rings (SSSR count). The summed E-state index contributed by atoms with van der Waals surface area (Å²) in [6, 6.07) is 7.57. The molecule has 23 heavy (non-hydrogen) atoms. The van der Waals surface area contributed by atoms with Gasteiger partial charge in [-0.2, -0.15) is 0 Å². The molecule has 3 aromatic heterocycles. The number of furan rings is 1. The number of carbonyl (C=O) groups is 1. The van der Waals surface area contributed by atoms with Crippen molar-refractivity contribution in [2.75, 3.05) is 6.54 Å². The summed E-state index contributed by atoms with van der Waals surface area (Å²) in [6.45, 7) is 4.42. The van der Waals surface area contributed by atoms with E-state index in [1.807, 2.05) is 53.6 Å². The van der Waals surface area contributed by atoms with Gasteiger partial charge in [0.05, 0.1) is 11.6 Å². The first-order valence-electron chi connectivity index (χ1n) is 7.83. The molecule has 3 aromatic rings. The van der Waals surface area contributed by atoms with E-state index in [4.69, 9.17) is 4.42 Å². The number of aryl methyl sites for hydroxylation is 2. The molecular formula is C17H18N4O2. The fraction of sp³-hybridized carbons (Fsp3) is 0.353. The predicted octanol–water partition coefficient (Wildman–Crippen LogP) is 2.92. The van der Waals surface area contributed by atoms with E-state index in [1.54, 1.807) is 0 Å². The van der Waals surface area contributed by atoms with Gasteiger partial charge in [-0.15, -0.1) is 10.2 Å². The van der Waals surface area contributed by atoms with Crippen LogP contribution in [0.5, 0.6) is 0 Å². The fourth-order valence-electron chi connectivity index (χ4n) is 3.36. The molecule has 1 aliphatic heterocycles. The lowest BCUT2D eigenvalue weighted by Gasteiger charge is -2.23. The molecule has 0 unspecified atom stereocenters. The van der Waals surface area contributed by atoms with E-state index in [2.05, 4.69) is 10.2 Å². The zero-order valence-electron chi connectivity index (χ0n) is 13.2. The number of likely N-dealkylation sites (tertiary alicyclic amines) is 1. The maximum absolute atomic E-state index is 12.9. The first-order valence-corrected chi connectivity index (χ1v) is 7.83. The molecule has 6 heteroatoms. The summed E-state index contributed by atoms with van der Waals surface area (Å²) in [6.07, 6.45) is 3.81. The molecule has 1 saturated heterocycles. The van der Waals surface area contributed by atoms with Gasteiger partial charge in [-0.25, -0.2) is 0 Å². The summed E-state index contributed by atoms with van der Waals surface area (Å²) >= 11 is 0. The van der Waals surface area contributed by atoms with Crippen LogP contribution in [-0.4, -0.2) is 31.9 Å². The molecule has 1 fully saturated rings. The molecule has 0 bridgehead atoms. The second-order valence-corrected chi connectivity index (χ2v) is 5.97. The Bertz CT molecular complexity index is 880. The van der Waals surface area contributed by atoms with E-state index < -0.39 is 0 Å². The van der Waals surface area contributed by atoms with Crippen molar-refractivity contribution in [2.24, 2.45) is 0 Å². The van der Waals surface area contributed by atoms with Crippen LogP contribution in [0.25, 0.3) is 5.65 Å². The Morgan fingerprint density at radius 3 is 2.96 bits per heavy atom. The third kappa shape index (κ3) is 2.21. The highest BCUT2D eigenvalue weighted by Crippen LogP contribution is 2.33. The highest BCUT2D eigenvalue weighted by atomic mass is 16.3. The first-order chi connectivity index (χ1) is 11.1. The number of pyridine rings is 1. The number of hydrogen-bond acceptors (Lipinski definition) is 4. The molecule has 4 heterocycles. The molecule has 0 N–H and O–H groups in total. The summed E-state index contributed by atoms with van der Waals surface area (Å²) in [7, 11) is 0. The minimum absolute atomic E-state index is 0.00883. The third-order valence-electron chi connectivity index (χ3n) is 4.42. The molecule has 1 amide bonds. The van der Waals surface area contributed by atoms with Crippen molar-refractivity contribution in [3.8, 4) is 0 Å². The average Bonchev–Trinajstić information content (AvgIpc) is 3.24. The van der Waals surface area contributed by atoms with Crippen molar-refractivity contribution >= 4 is 11.6 Å². The summed E-state index contributed by atoms with van der Waals surface area (Å²) in [5, 5.41) is 8.53. The summed E-state index contributed by atoms with van der Waals surface area (Å²) in [5.74, 6) is 2.26. The zero-order chi connectivity index (χ0) is 16.0. The molecule has 0 spiro atoms. The van der Waals surface area contributed by atoms with Crippen molar-refractivity contribution < 1.29 is 9.21 Å². The van der Waals surface area contributed by atoms with Crippen LogP contribution >= 0.6 is 0 Å². The molecule has 118 valence electrons. The van der Waals surface area contributed by atoms with E-state index in [0.717, 1.165) is 36.6 Å². The number of nitrogens with zero attached hydrogens (tertiary/aromatic N) is 4. The molecule has 6 nitrogen and oxygen atoms in total. The minimum Gasteiger partial charge on any atom is -0.466 e. The first kappa shape index (κ1) is 14.0. The van der Waals surface area contributed by atoms with Crippen molar-refractivity contribution in [3.63, 3.8) is 0 Å². The summed E-state index contributed by atoms with van der Waals surface area (Å²) in [4.78, 5) is 14.8. The van der Waals surface area contributed by atoms with Crippen LogP contribution in [0, 0.1) is 13.8 Å². The molecule has 1 atom stereocenters. The van der Waals surface area contributed by atoms with Gasteiger partial charge in [-0.3, -0.25) is 9.20 Å². The monoisotopic (exact) mass is 310 g/mol. The van der Waals surface area contributed by atoms with Crippen LogP contribution in [0.3, 0.4) is 0 Å². The van der Waals surface area contributed by atoms with Crippen molar-refractivity contribution in [3.05, 3.63) is 53.4 Å². The Morgan fingerprint density at radius 1 is 1.30 bits per heavy atom. The second kappa shape index (κ2) is 5.22. The molecular weight excluding hydrogens is 292 g/mol. The van der Waals surface area contributed by atoms with Crippen LogP contribution in [0.2, 0.25) is 0 Å². The highest BCUT2D eigenvalue weighted by Gasteiger charge is 2.34. The molecule has 0 saturated carbocycles. The van der Waals surface area contributed by atoms with Crippen molar-refractivity contribution in [2.45, 2.75) is 32.7 Å². The lowest BCUT2D eigenvalue weighted by molar-refractivity contribution is 0.0727. The van der Waals surface area contributed by atoms with Gasteiger partial charge in [-0.1, -0.05) is 6.07 Å². The SMILES string of the molecule is Cc1cc(C(=O)N2CCC[C@H]2c2nnc3ccccn23)c(C)o1. The van der Waals surface area contributed by atoms with Gasteiger partial charge in [0.15, 0.2) is 11.5 Å². The van der Waals surface area contributed by atoms with Gasteiger partial charge in [0.25, 0.3) is 5.91 Å². The Hall–Kier alpha value is -2.63. The Balaban J connectivity index is 1.72. The number of aromatic nitrogens is 3. The van der Waals surface area contributed by atoms with E-state index in [-0.39, 0.29) is 11.9 Å². The zero-order valence-corrected chi connectivity index (χ0v) is 13.2. The molecule has 0 aliphatic carbocycles. The van der Waals surface area contributed by atoms with Gasteiger partial charge in [0, 0.05) is 12.7 Å². The number of hydrogen-bond donors (Lipinski definition) is 0. The maximum Gasteiger partial charge on any atom is 0.258 e. The molecule has 0 radical (unpaired) electrons. The van der Waals surface area contributed by atoms with Crippen LogP contribution in [0.1, 0.15) is 46.6 Å².